The van der Waals surface area contributed by atoms with Gasteiger partial charge in [-0.1, -0.05) is 39.7 Å². The lowest BCUT2D eigenvalue weighted by atomic mass is 9.75. The zero-order valence-electron chi connectivity index (χ0n) is 21.8. The molecule has 0 spiro atoms. The Balaban J connectivity index is 1.40. The van der Waals surface area contributed by atoms with Gasteiger partial charge in [0, 0.05) is 12.3 Å². The molecule has 0 saturated carbocycles. The first kappa shape index (κ1) is 28.4. The van der Waals surface area contributed by atoms with Crippen LogP contribution in [0.3, 0.4) is 0 Å². The molecule has 4 heterocycles. The summed E-state index contributed by atoms with van der Waals surface area (Å²) in [6.45, 7) is 9.10. The van der Waals surface area contributed by atoms with Crippen molar-refractivity contribution in [1.82, 2.24) is 9.55 Å². The molecule has 3 aliphatic rings. The van der Waals surface area contributed by atoms with E-state index < -0.39 is 61.5 Å². The van der Waals surface area contributed by atoms with Crippen molar-refractivity contribution < 1.29 is 36.6 Å². The van der Waals surface area contributed by atoms with Crippen molar-refractivity contribution in [3.63, 3.8) is 0 Å². The monoisotopic (exact) mass is 544 g/mol. The highest BCUT2D eigenvalue weighted by Gasteiger charge is 2.62. The van der Waals surface area contributed by atoms with E-state index in [4.69, 9.17) is 27.6 Å². The van der Waals surface area contributed by atoms with Gasteiger partial charge in [-0.3, -0.25) is 27.9 Å². The molecule has 206 valence electrons. The fraction of sp³-hybridized carbons (Fsp3) is 0.739. The van der Waals surface area contributed by atoms with Crippen LogP contribution in [0.1, 0.15) is 66.5 Å². The average molecular weight is 544 g/mol. The second-order valence-electron chi connectivity index (χ2n) is 9.70. The summed E-state index contributed by atoms with van der Waals surface area (Å²) in [4.78, 5) is 25.6. The lowest BCUT2D eigenvalue weighted by molar-refractivity contribution is -0.0717. The zero-order valence-corrected chi connectivity index (χ0v) is 22.7. The maximum atomic E-state index is 15.8. The number of aromatic amines is 1. The summed E-state index contributed by atoms with van der Waals surface area (Å²) in [5.74, 6) is 1.70. The summed E-state index contributed by atoms with van der Waals surface area (Å²) in [5, 5.41) is 0. The fourth-order valence-electron chi connectivity index (χ4n) is 5.71. The quantitative estimate of drug-likeness (QED) is 0.367. The molecule has 4 rings (SSSR count). The van der Waals surface area contributed by atoms with Crippen LogP contribution in [0, 0.1) is 0 Å². The van der Waals surface area contributed by atoms with E-state index in [1.165, 1.54) is 6.92 Å². The maximum Gasteiger partial charge on any atom is 0.486 e. The highest BCUT2D eigenvalue weighted by molar-refractivity contribution is 7.48. The van der Waals surface area contributed by atoms with Gasteiger partial charge < -0.3 is 14.0 Å². The minimum absolute atomic E-state index is 0.152. The molecule has 5 atom stereocenters. The van der Waals surface area contributed by atoms with Gasteiger partial charge in [0.15, 0.2) is 11.9 Å². The van der Waals surface area contributed by atoms with Crippen LogP contribution in [0.5, 0.6) is 0 Å². The molecule has 1 aromatic rings. The van der Waals surface area contributed by atoms with Gasteiger partial charge in [0.1, 0.15) is 12.2 Å². The number of alkyl halides is 1. The van der Waals surface area contributed by atoms with Crippen LogP contribution in [0.15, 0.2) is 33.9 Å². The summed E-state index contributed by atoms with van der Waals surface area (Å²) in [6.07, 6.45) is 2.27. The minimum atomic E-state index is -4.13. The van der Waals surface area contributed by atoms with E-state index in [2.05, 4.69) is 32.7 Å². The molecule has 37 heavy (non-hydrogen) atoms. The SMILES string of the molecule is CCC1(CC)OB(/C=C/COP2(=O)OC[C@H]3O[C@@H](n4ccc(=O)[nH]c4=O)[C@](C)(F)[C@@H]3O2)OC1(CC)CC. The van der Waals surface area contributed by atoms with Gasteiger partial charge in [-0.2, -0.15) is 0 Å². The van der Waals surface area contributed by atoms with E-state index in [1.807, 2.05) is 0 Å². The van der Waals surface area contributed by atoms with Crippen LogP contribution >= 0.6 is 7.82 Å². The Morgan fingerprint density at radius 2 is 1.81 bits per heavy atom. The molecule has 1 aromatic heterocycles. The number of ether oxygens (including phenoxy) is 1. The average Bonchev–Trinajstić information content (AvgIpc) is 3.33. The van der Waals surface area contributed by atoms with Gasteiger partial charge in [0.05, 0.1) is 24.4 Å². The predicted molar refractivity (Wildman–Crippen MR) is 133 cm³/mol. The third-order valence-electron chi connectivity index (χ3n) is 7.84. The first-order chi connectivity index (χ1) is 17.5. The molecule has 11 nitrogen and oxygen atoms in total. The molecule has 1 unspecified atom stereocenters. The second kappa shape index (κ2) is 10.5. The van der Waals surface area contributed by atoms with E-state index >= 15 is 4.39 Å². The van der Waals surface area contributed by atoms with Crippen LogP contribution in [-0.2, 0) is 32.2 Å². The van der Waals surface area contributed by atoms with Gasteiger partial charge in [-0.25, -0.2) is 13.8 Å². The summed E-state index contributed by atoms with van der Waals surface area (Å²) >= 11 is 0. The van der Waals surface area contributed by atoms with Crippen molar-refractivity contribution in [3.05, 3.63) is 45.2 Å². The van der Waals surface area contributed by atoms with E-state index in [9.17, 15) is 14.2 Å². The van der Waals surface area contributed by atoms with Gasteiger partial charge in [-0.05, 0) is 32.6 Å². The van der Waals surface area contributed by atoms with Crippen molar-refractivity contribution in [2.45, 2.75) is 95.6 Å². The first-order valence-corrected chi connectivity index (χ1v) is 14.2. The molecular weight excluding hydrogens is 509 g/mol. The zero-order chi connectivity index (χ0) is 27.1. The predicted octanol–water partition coefficient (Wildman–Crippen LogP) is 3.45. The number of halogens is 1. The van der Waals surface area contributed by atoms with E-state index in [0.29, 0.717) is 0 Å². The topological polar surface area (TPSA) is 127 Å². The number of hydrogen-bond acceptors (Lipinski definition) is 9. The summed E-state index contributed by atoms with van der Waals surface area (Å²) in [7, 11) is -4.72. The Morgan fingerprint density at radius 3 is 2.38 bits per heavy atom. The van der Waals surface area contributed by atoms with Gasteiger partial charge in [0.25, 0.3) is 5.56 Å². The third kappa shape index (κ3) is 4.95. The number of phosphoric ester groups is 1. The second-order valence-corrected chi connectivity index (χ2v) is 11.3. The Hall–Kier alpha value is -1.60. The number of phosphoric acid groups is 1. The van der Waals surface area contributed by atoms with Gasteiger partial charge >= 0.3 is 20.6 Å². The van der Waals surface area contributed by atoms with E-state index in [0.717, 1.165) is 42.5 Å². The maximum absolute atomic E-state index is 15.8. The fourth-order valence-corrected chi connectivity index (χ4v) is 7.12. The molecular formula is C23H35BFN2O9P. The normalized spacial score (nSPS) is 34.8. The molecule has 0 bridgehead atoms. The van der Waals surface area contributed by atoms with Crippen molar-refractivity contribution in [3.8, 4) is 0 Å². The van der Waals surface area contributed by atoms with E-state index in [-0.39, 0.29) is 13.2 Å². The van der Waals surface area contributed by atoms with Gasteiger partial charge in [0.2, 0.25) is 0 Å². The minimum Gasteiger partial charge on any atom is -0.399 e. The number of rotatable bonds is 9. The number of hydrogen-bond donors (Lipinski definition) is 1. The van der Waals surface area contributed by atoms with Crippen LogP contribution in [0.4, 0.5) is 4.39 Å². The van der Waals surface area contributed by atoms with Gasteiger partial charge in [-0.15, -0.1) is 0 Å². The Morgan fingerprint density at radius 1 is 1.19 bits per heavy atom. The highest BCUT2D eigenvalue weighted by Crippen LogP contribution is 2.59. The highest BCUT2D eigenvalue weighted by atomic mass is 31.2. The number of nitrogens with zero attached hydrogens (tertiary/aromatic N) is 1. The van der Waals surface area contributed by atoms with Crippen molar-refractivity contribution in [1.29, 1.82) is 0 Å². The number of aromatic nitrogens is 2. The van der Waals surface area contributed by atoms with Crippen LogP contribution in [-0.4, -0.2) is 59.0 Å². The molecule has 14 heteroatoms. The van der Waals surface area contributed by atoms with E-state index in [1.54, 1.807) is 12.1 Å². The van der Waals surface area contributed by atoms with Crippen molar-refractivity contribution in [2.75, 3.05) is 13.2 Å². The van der Waals surface area contributed by atoms with Crippen molar-refractivity contribution >= 4 is 14.9 Å². The molecule has 3 aliphatic heterocycles. The van der Waals surface area contributed by atoms with Crippen molar-refractivity contribution in [2.24, 2.45) is 0 Å². The lowest BCUT2D eigenvalue weighted by Crippen LogP contribution is -2.50. The molecule has 0 amide bonds. The summed E-state index contributed by atoms with van der Waals surface area (Å²) < 4.78 is 64.2. The Kier molecular flexibility index (Phi) is 8.08. The largest absolute Gasteiger partial charge is 0.486 e. The summed E-state index contributed by atoms with van der Waals surface area (Å²) in [6, 6.07) is 1.08. The molecule has 0 aliphatic carbocycles. The Bertz CT molecular complexity index is 1140. The number of fused-ring (bicyclic) bond motifs is 1. The number of H-pyrrole nitrogens is 1. The van der Waals surface area contributed by atoms with Crippen LogP contribution in [0.2, 0.25) is 0 Å². The first-order valence-electron chi connectivity index (χ1n) is 12.7. The van der Waals surface area contributed by atoms with Crippen LogP contribution in [0.25, 0.3) is 0 Å². The number of nitrogens with one attached hydrogen (secondary N) is 1. The smallest absolute Gasteiger partial charge is 0.399 e. The molecule has 0 radical (unpaired) electrons. The molecule has 0 aromatic carbocycles. The lowest BCUT2D eigenvalue weighted by Gasteiger charge is -2.42. The Labute approximate surface area is 215 Å². The third-order valence-corrected chi connectivity index (χ3v) is 9.26. The summed E-state index contributed by atoms with van der Waals surface area (Å²) in [5.41, 5.74) is -4.54. The molecule has 3 fully saturated rings. The standard InChI is InChI=1S/C23H35BFN2O9P/c1-6-22(7-2)23(8-3,9-4)36-24(35-22)12-10-14-31-37(30)32-15-16-18(34-37)21(5,25)19(33-16)27-13-11-17(28)26-20(27)29/h10-13,16,18-19H,6-9,14-15H2,1-5H3,(H,26,28,29)/b12-10+/t16-,18-,19-,21-,37?/m1/s1. The molecule has 1 N–H and O–H groups in total. The van der Waals surface area contributed by atoms with Crippen LogP contribution < -0.4 is 11.2 Å². The molecule has 3 saturated heterocycles.